The van der Waals surface area contributed by atoms with E-state index in [4.69, 9.17) is 17.3 Å². The fourth-order valence-electron chi connectivity index (χ4n) is 1.46. The van der Waals surface area contributed by atoms with Crippen LogP contribution in [0.4, 0.5) is 11.9 Å². The Bertz CT molecular complexity index is 606. The first-order valence-corrected chi connectivity index (χ1v) is 7.19. The molecule has 0 fully saturated rings. The minimum absolute atomic E-state index is 0.0357. The van der Waals surface area contributed by atoms with Gasteiger partial charge in [0.05, 0.1) is 10.3 Å². The van der Waals surface area contributed by atoms with Crippen LogP contribution in [0.1, 0.15) is 18.0 Å². The molecule has 0 bridgehead atoms. The Labute approximate surface area is 126 Å². The van der Waals surface area contributed by atoms with E-state index in [2.05, 4.69) is 19.9 Å². The number of anilines is 2. The van der Waals surface area contributed by atoms with E-state index in [1.807, 2.05) is 21.0 Å². The highest BCUT2D eigenvalue weighted by atomic mass is 35.5. The highest BCUT2D eigenvalue weighted by molar-refractivity contribution is 7.99. The number of nitrogen functional groups attached to an aromatic ring is 1. The summed E-state index contributed by atoms with van der Waals surface area (Å²) in [6.45, 7) is 1.98. The van der Waals surface area contributed by atoms with Gasteiger partial charge in [0.15, 0.2) is 0 Å². The van der Waals surface area contributed by atoms with Gasteiger partial charge in [-0.3, -0.25) is 0 Å². The summed E-state index contributed by atoms with van der Waals surface area (Å²) in [6.07, 6.45) is 1.70. The SMILES string of the molecule is C[C@@H](Sc1ncccc1Cl)c1nc(N)nc(N(C)C)n1. The summed E-state index contributed by atoms with van der Waals surface area (Å²) in [5.74, 6) is 1.35. The third-order valence-corrected chi connectivity index (χ3v) is 3.96. The van der Waals surface area contributed by atoms with Crippen LogP contribution in [0.3, 0.4) is 0 Å². The molecule has 0 spiro atoms. The lowest BCUT2D eigenvalue weighted by Crippen LogP contribution is -2.16. The van der Waals surface area contributed by atoms with Crippen LogP contribution in [0, 0.1) is 0 Å². The minimum atomic E-state index is -0.0357. The molecule has 0 radical (unpaired) electrons. The highest BCUT2D eigenvalue weighted by Gasteiger charge is 2.16. The molecule has 6 nitrogen and oxygen atoms in total. The summed E-state index contributed by atoms with van der Waals surface area (Å²) in [5, 5.41) is 1.32. The van der Waals surface area contributed by atoms with Crippen molar-refractivity contribution in [2.24, 2.45) is 0 Å². The van der Waals surface area contributed by atoms with Crippen LogP contribution in [0.2, 0.25) is 5.02 Å². The van der Waals surface area contributed by atoms with Crippen LogP contribution in [0.5, 0.6) is 0 Å². The van der Waals surface area contributed by atoms with Gasteiger partial charge in [0, 0.05) is 20.3 Å². The van der Waals surface area contributed by atoms with E-state index >= 15 is 0 Å². The summed E-state index contributed by atoms with van der Waals surface area (Å²) in [5.41, 5.74) is 5.72. The number of hydrogen-bond acceptors (Lipinski definition) is 7. The third kappa shape index (κ3) is 3.49. The number of aromatic nitrogens is 4. The molecular formula is C12H15ClN6S. The first kappa shape index (κ1) is 14.8. The van der Waals surface area contributed by atoms with Crippen molar-refractivity contribution in [2.75, 3.05) is 24.7 Å². The molecule has 20 heavy (non-hydrogen) atoms. The van der Waals surface area contributed by atoms with Gasteiger partial charge in [-0.15, -0.1) is 0 Å². The van der Waals surface area contributed by atoms with Gasteiger partial charge in [-0.25, -0.2) is 4.98 Å². The molecule has 0 saturated heterocycles. The molecule has 0 aromatic carbocycles. The summed E-state index contributed by atoms with van der Waals surface area (Å²) in [6, 6.07) is 3.60. The second kappa shape index (κ2) is 6.23. The molecule has 0 saturated carbocycles. The topological polar surface area (TPSA) is 80.8 Å². The van der Waals surface area contributed by atoms with Crippen LogP contribution >= 0.6 is 23.4 Å². The maximum Gasteiger partial charge on any atom is 0.229 e. The Balaban J connectivity index is 2.25. The minimum Gasteiger partial charge on any atom is -0.368 e. The van der Waals surface area contributed by atoms with Gasteiger partial charge in [0.1, 0.15) is 10.9 Å². The number of rotatable bonds is 4. The number of nitrogens with zero attached hydrogens (tertiary/aromatic N) is 5. The molecule has 0 unspecified atom stereocenters. The van der Waals surface area contributed by atoms with Gasteiger partial charge in [0.25, 0.3) is 0 Å². The molecule has 0 aliphatic rings. The molecule has 8 heteroatoms. The van der Waals surface area contributed by atoms with E-state index in [0.717, 1.165) is 5.03 Å². The Morgan fingerprint density at radius 1 is 1.30 bits per heavy atom. The lowest BCUT2D eigenvalue weighted by Gasteiger charge is -2.14. The Morgan fingerprint density at radius 2 is 2.05 bits per heavy atom. The zero-order valence-corrected chi connectivity index (χ0v) is 13.0. The van der Waals surface area contributed by atoms with E-state index in [9.17, 15) is 0 Å². The quantitative estimate of drug-likeness (QED) is 0.868. The maximum absolute atomic E-state index is 6.10. The highest BCUT2D eigenvalue weighted by Crippen LogP contribution is 2.35. The fourth-order valence-corrected chi connectivity index (χ4v) is 2.56. The predicted molar refractivity (Wildman–Crippen MR) is 82.1 cm³/mol. The molecule has 0 aliphatic heterocycles. The van der Waals surface area contributed by atoms with Gasteiger partial charge in [-0.2, -0.15) is 15.0 Å². The summed E-state index contributed by atoms with van der Waals surface area (Å²) in [4.78, 5) is 18.7. The van der Waals surface area contributed by atoms with Crippen molar-refractivity contribution < 1.29 is 0 Å². The smallest absolute Gasteiger partial charge is 0.229 e. The second-order valence-corrected chi connectivity index (χ2v) is 6.03. The Hall–Kier alpha value is -1.60. The molecule has 0 amide bonds. The molecule has 106 valence electrons. The first-order valence-electron chi connectivity index (χ1n) is 5.93. The molecule has 2 N–H and O–H groups in total. The predicted octanol–water partition coefficient (Wildman–Crippen LogP) is 2.42. The second-order valence-electron chi connectivity index (χ2n) is 4.30. The van der Waals surface area contributed by atoms with Crippen molar-refractivity contribution in [1.29, 1.82) is 0 Å². The molecular weight excluding hydrogens is 296 g/mol. The Morgan fingerprint density at radius 3 is 2.70 bits per heavy atom. The largest absolute Gasteiger partial charge is 0.368 e. The molecule has 0 aliphatic carbocycles. The standard InChI is InChI=1S/C12H15ClN6S/c1-7(20-10-8(13)5-4-6-15-10)9-16-11(14)18-12(17-9)19(2)3/h4-7H,1-3H3,(H2,14,16,17,18)/t7-/m1/s1. The molecule has 2 rings (SSSR count). The van der Waals surface area contributed by atoms with Gasteiger partial charge in [-0.05, 0) is 19.1 Å². The van der Waals surface area contributed by atoms with E-state index in [1.165, 1.54) is 11.8 Å². The number of thioether (sulfide) groups is 1. The van der Waals surface area contributed by atoms with Gasteiger partial charge in [-0.1, -0.05) is 23.4 Å². The third-order valence-electron chi connectivity index (χ3n) is 2.43. The lowest BCUT2D eigenvalue weighted by molar-refractivity contribution is 0.863. The molecule has 2 aromatic heterocycles. The van der Waals surface area contributed by atoms with Crippen LogP contribution < -0.4 is 10.6 Å². The van der Waals surface area contributed by atoms with E-state index in [0.29, 0.717) is 16.8 Å². The van der Waals surface area contributed by atoms with Crippen LogP contribution in [-0.4, -0.2) is 34.0 Å². The summed E-state index contributed by atoms with van der Waals surface area (Å²) in [7, 11) is 3.71. The van der Waals surface area contributed by atoms with Crippen LogP contribution in [0.15, 0.2) is 23.4 Å². The number of pyridine rings is 1. The average molecular weight is 311 g/mol. The van der Waals surface area contributed by atoms with Gasteiger partial charge < -0.3 is 10.6 Å². The number of hydrogen-bond donors (Lipinski definition) is 1. The Kier molecular flexibility index (Phi) is 4.61. The van der Waals surface area contributed by atoms with Crippen molar-refractivity contribution >= 4 is 35.3 Å². The molecule has 2 heterocycles. The van der Waals surface area contributed by atoms with Gasteiger partial charge in [0.2, 0.25) is 11.9 Å². The lowest BCUT2D eigenvalue weighted by atomic mass is 10.4. The maximum atomic E-state index is 6.10. The van der Waals surface area contributed by atoms with Crippen molar-refractivity contribution in [3.05, 3.63) is 29.2 Å². The normalized spacial score (nSPS) is 12.2. The van der Waals surface area contributed by atoms with E-state index < -0.39 is 0 Å². The van der Waals surface area contributed by atoms with E-state index in [1.54, 1.807) is 23.2 Å². The van der Waals surface area contributed by atoms with Gasteiger partial charge >= 0.3 is 0 Å². The fraction of sp³-hybridized carbons (Fsp3) is 0.333. The average Bonchev–Trinajstić information content (AvgIpc) is 2.40. The zero-order chi connectivity index (χ0) is 14.7. The summed E-state index contributed by atoms with van der Waals surface area (Å²) >= 11 is 7.58. The number of nitrogens with two attached hydrogens (primary N) is 1. The van der Waals surface area contributed by atoms with Crippen molar-refractivity contribution in [3.63, 3.8) is 0 Å². The molecule has 2 aromatic rings. The van der Waals surface area contributed by atoms with E-state index in [-0.39, 0.29) is 11.2 Å². The van der Waals surface area contributed by atoms with Crippen molar-refractivity contribution in [2.45, 2.75) is 17.2 Å². The molecule has 1 atom stereocenters. The van der Waals surface area contributed by atoms with Crippen molar-refractivity contribution in [3.8, 4) is 0 Å². The van der Waals surface area contributed by atoms with Crippen LogP contribution in [0.25, 0.3) is 0 Å². The monoisotopic (exact) mass is 310 g/mol. The van der Waals surface area contributed by atoms with Crippen LogP contribution in [-0.2, 0) is 0 Å². The first-order chi connectivity index (χ1) is 9.47. The zero-order valence-electron chi connectivity index (χ0n) is 11.4. The number of halogens is 1. The van der Waals surface area contributed by atoms with Crippen molar-refractivity contribution in [1.82, 2.24) is 19.9 Å². The summed E-state index contributed by atoms with van der Waals surface area (Å²) < 4.78 is 0.